The van der Waals surface area contributed by atoms with E-state index >= 15 is 0 Å². The minimum absolute atomic E-state index is 0.288. The molecule has 0 bridgehead atoms. The molecule has 0 saturated carbocycles. The van der Waals surface area contributed by atoms with E-state index in [4.69, 9.17) is 9.47 Å². The van der Waals surface area contributed by atoms with E-state index in [0.717, 1.165) is 23.6 Å². The number of nitrogens with one attached hydrogen (secondary N) is 1. The van der Waals surface area contributed by atoms with E-state index in [1.165, 1.54) is 11.1 Å². The van der Waals surface area contributed by atoms with Gasteiger partial charge in [-0.3, -0.25) is 0 Å². The molecule has 0 saturated heterocycles. The van der Waals surface area contributed by atoms with Crippen molar-refractivity contribution in [1.82, 2.24) is 5.32 Å². The van der Waals surface area contributed by atoms with Gasteiger partial charge in [-0.2, -0.15) is 0 Å². The van der Waals surface area contributed by atoms with Crippen LogP contribution in [0.3, 0.4) is 0 Å². The van der Waals surface area contributed by atoms with Gasteiger partial charge >= 0.3 is 0 Å². The van der Waals surface area contributed by atoms with Gasteiger partial charge in [0.2, 0.25) is 0 Å². The highest BCUT2D eigenvalue weighted by Gasteiger charge is 2.09. The lowest BCUT2D eigenvalue weighted by atomic mass is 10.1. The largest absolute Gasteiger partial charge is 0.490 e. The molecule has 3 rings (SSSR count). The summed E-state index contributed by atoms with van der Waals surface area (Å²) in [5.41, 5.74) is 3.60. The van der Waals surface area contributed by atoms with E-state index in [9.17, 15) is 0 Å². The van der Waals surface area contributed by atoms with Crippen molar-refractivity contribution in [3.63, 3.8) is 0 Å². The molecule has 140 valence electrons. The molecule has 1 unspecified atom stereocenters. The summed E-state index contributed by atoms with van der Waals surface area (Å²) in [4.78, 5) is 0. The van der Waals surface area contributed by atoms with Gasteiger partial charge in [-0.05, 0) is 42.7 Å². The molecule has 0 spiro atoms. The molecule has 0 aliphatic carbocycles. The normalized spacial score (nSPS) is 11.8. The topological polar surface area (TPSA) is 30.5 Å². The second kappa shape index (κ2) is 9.79. The first kappa shape index (κ1) is 19.0. The maximum Gasteiger partial charge on any atom is 0.161 e. The molecule has 0 aromatic heterocycles. The highest BCUT2D eigenvalue weighted by Crippen LogP contribution is 2.29. The summed E-state index contributed by atoms with van der Waals surface area (Å²) >= 11 is 0. The van der Waals surface area contributed by atoms with Gasteiger partial charge < -0.3 is 14.8 Å². The molecule has 0 aliphatic heterocycles. The lowest BCUT2D eigenvalue weighted by Gasteiger charge is -2.16. The van der Waals surface area contributed by atoms with Gasteiger partial charge in [0.25, 0.3) is 0 Å². The minimum atomic E-state index is 0.288. The first-order chi connectivity index (χ1) is 13.3. The predicted molar refractivity (Wildman–Crippen MR) is 110 cm³/mol. The molecule has 0 radical (unpaired) electrons. The van der Waals surface area contributed by atoms with Gasteiger partial charge in [-0.25, -0.2) is 0 Å². The fourth-order valence-corrected chi connectivity index (χ4v) is 2.92. The molecule has 0 aliphatic rings. The van der Waals surface area contributed by atoms with Gasteiger partial charge in [0, 0.05) is 12.6 Å². The van der Waals surface area contributed by atoms with Crippen molar-refractivity contribution in [2.75, 3.05) is 6.61 Å². The number of benzene rings is 3. The Hall–Kier alpha value is -2.78. The Morgan fingerprint density at radius 3 is 2.19 bits per heavy atom. The maximum atomic E-state index is 5.98. The van der Waals surface area contributed by atoms with Crippen molar-refractivity contribution in [3.05, 3.63) is 95.6 Å². The van der Waals surface area contributed by atoms with Crippen molar-refractivity contribution in [2.24, 2.45) is 0 Å². The molecule has 3 aromatic rings. The van der Waals surface area contributed by atoms with E-state index < -0.39 is 0 Å². The monoisotopic (exact) mass is 361 g/mol. The van der Waals surface area contributed by atoms with Crippen LogP contribution in [0.25, 0.3) is 0 Å². The first-order valence-corrected chi connectivity index (χ1v) is 9.47. The number of hydrogen-bond donors (Lipinski definition) is 1. The van der Waals surface area contributed by atoms with Gasteiger partial charge in [-0.1, -0.05) is 66.7 Å². The van der Waals surface area contributed by atoms with Gasteiger partial charge in [0.15, 0.2) is 11.5 Å². The van der Waals surface area contributed by atoms with Crippen molar-refractivity contribution in [2.45, 2.75) is 33.0 Å². The van der Waals surface area contributed by atoms with E-state index in [1.54, 1.807) is 0 Å². The molecular formula is C24H27NO2. The zero-order valence-corrected chi connectivity index (χ0v) is 16.0. The number of rotatable bonds is 9. The predicted octanol–water partition coefficient (Wildman–Crippen LogP) is 5.52. The quantitative estimate of drug-likeness (QED) is 0.545. The van der Waals surface area contributed by atoms with Crippen LogP contribution in [0, 0.1) is 0 Å². The average Bonchev–Trinajstić information content (AvgIpc) is 2.73. The Labute approximate surface area is 162 Å². The van der Waals surface area contributed by atoms with Gasteiger partial charge in [0.1, 0.15) is 6.61 Å². The third kappa shape index (κ3) is 5.60. The van der Waals surface area contributed by atoms with Gasteiger partial charge in [0.05, 0.1) is 6.61 Å². The van der Waals surface area contributed by atoms with Crippen LogP contribution in [0.5, 0.6) is 11.5 Å². The zero-order chi connectivity index (χ0) is 18.9. The third-order valence-electron chi connectivity index (χ3n) is 4.46. The van der Waals surface area contributed by atoms with Crippen LogP contribution in [0.2, 0.25) is 0 Å². The number of hydrogen-bond acceptors (Lipinski definition) is 3. The molecular weight excluding hydrogens is 334 g/mol. The summed E-state index contributed by atoms with van der Waals surface area (Å²) in [6.45, 7) is 6.08. The second-order valence-electron chi connectivity index (χ2n) is 6.50. The fraction of sp³-hybridized carbons (Fsp3) is 0.250. The lowest BCUT2D eigenvalue weighted by Crippen LogP contribution is -2.18. The zero-order valence-electron chi connectivity index (χ0n) is 16.0. The summed E-state index contributed by atoms with van der Waals surface area (Å²) in [7, 11) is 0. The number of ether oxygens (including phenoxy) is 2. The molecule has 0 heterocycles. The van der Waals surface area contributed by atoms with Crippen LogP contribution in [-0.4, -0.2) is 6.61 Å². The molecule has 1 atom stereocenters. The van der Waals surface area contributed by atoms with Gasteiger partial charge in [-0.15, -0.1) is 0 Å². The Bertz CT molecular complexity index is 818. The van der Waals surface area contributed by atoms with Crippen LogP contribution in [0.1, 0.15) is 36.6 Å². The smallest absolute Gasteiger partial charge is 0.161 e. The second-order valence-corrected chi connectivity index (χ2v) is 6.50. The van der Waals surface area contributed by atoms with Crippen molar-refractivity contribution in [1.29, 1.82) is 0 Å². The Morgan fingerprint density at radius 1 is 0.778 bits per heavy atom. The van der Waals surface area contributed by atoms with E-state index in [2.05, 4.69) is 60.8 Å². The van der Waals surface area contributed by atoms with E-state index in [0.29, 0.717) is 13.2 Å². The third-order valence-corrected chi connectivity index (χ3v) is 4.46. The summed E-state index contributed by atoms with van der Waals surface area (Å²) in [6, 6.07) is 27.1. The SMILES string of the molecule is CCOc1cc(CNC(C)c2ccccc2)ccc1OCc1ccccc1. The summed E-state index contributed by atoms with van der Waals surface area (Å²) in [5.74, 6) is 1.57. The fourth-order valence-electron chi connectivity index (χ4n) is 2.92. The van der Waals surface area contributed by atoms with Crippen LogP contribution >= 0.6 is 0 Å². The Kier molecular flexibility index (Phi) is 6.89. The molecule has 0 amide bonds. The van der Waals surface area contributed by atoms with Crippen molar-refractivity contribution in [3.8, 4) is 11.5 Å². The first-order valence-electron chi connectivity index (χ1n) is 9.47. The minimum Gasteiger partial charge on any atom is -0.490 e. The standard InChI is InChI=1S/C24H27NO2/c1-3-26-24-16-21(17-25-19(2)22-12-8-5-9-13-22)14-15-23(24)27-18-20-10-6-4-7-11-20/h4-16,19,25H,3,17-18H2,1-2H3. The molecule has 3 aromatic carbocycles. The van der Waals surface area contributed by atoms with E-state index in [-0.39, 0.29) is 6.04 Å². The van der Waals surface area contributed by atoms with Crippen molar-refractivity contribution >= 4 is 0 Å². The molecule has 1 N–H and O–H groups in total. The highest BCUT2D eigenvalue weighted by molar-refractivity contribution is 5.43. The molecule has 27 heavy (non-hydrogen) atoms. The van der Waals surface area contributed by atoms with E-state index in [1.807, 2.05) is 37.3 Å². The average molecular weight is 361 g/mol. The summed E-state index contributed by atoms with van der Waals surface area (Å²) in [6.07, 6.45) is 0. The van der Waals surface area contributed by atoms with Crippen LogP contribution in [0.15, 0.2) is 78.9 Å². The summed E-state index contributed by atoms with van der Waals surface area (Å²) in [5, 5.41) is 3.57. The molecule has 0 fully saturated rings. The van der Waals surface area contributed by atoms with Crippen LogP contribution in [-0.2, 0) is 13.2 Å². The lowest BCUT2D eigenvalue weighted by molar-refractivity contribution is 0.269. The van der Waals surface area contributed by atoms with Crippen molar-refractivity contribution < 1.29 is 9.47 Å². The highest BCUT2D eigenvalue weighted by atomic mass is 16.5. The maximum absolute atomic E-state index is 5.98. The Balaban J connectivity index is 1.64. The summed E-state index contributed by atoms with van der Waals surface area (Å²) < 4.78 is 11.8. The Morgan fingerprint density at radius 2 is 1.48 bits per heavy atom. The van der Waals surface area contributed by atoms with Crippen LogP contribution < -0.4 is 14.8 Å². The van der Waals surface area contributed by atoms with Crippen LogP contribution in [0.4, 0.5) is 0 Å². The molecule has 3 nitrogen and oxygen atoms in total. The molecule has 3 heteroatoms.